The number of nitrogens with two attached hydrogens (primary N) is 1. The topological polar surface area (TPSA) is 72.9 Å². The molecule has 2 rings (SSSR count). The van der Waals surface area contributed by atoms with E-state index in [1.807, 2.05) is 4.57 Å². The Balaban J connectivity index is 2.15. The van der Waals surface area contributed by atoms with Crippen molar-refractivity contribution in [1.29, 1.82) is 0 Å². The molecule has 0 spiro atoms. The first-order valence-electron chi connectivity index (χ1n) is 4.79. The standard InChI is InChI=1S/C9H14N4O/c10-9(14)5-13-6-11-4-8(13)7-2-1-3-12-7/h4,6-7,12H,1-3,5H2,(H2,10,14). The number of hydrogen-bond acceptors (Lipinski definition) is 3. The van der Waals surface area contributed by atoms with Crippen LogP contribution in [0.25, 0.3) is 0 Å². The van der Waals surface area contributed by atoms with Crippen molar-refractivity contribution in [2.75, 3.05) is 6.54 Å². The number of carbonyl (C=O) groups is 1. The fourth-order valence-electron chi connectivity index (χ4n) is 1.86. The van der Waals surface area contributed by atoms with Gasteiger partial charge in [-0.1, -0.05) is 0 Å². The van der Waals surface area contributed by atoms with E-state index in [2.05, 4.69) is 10.3 Å². The highest BCUT2D eigenvalue weighted by molar-refractivity contribution is 5.73. The highest BCUT2D eigenvalue weighted by atomic mass is 16.1. The fourth-order valence-corrected chi connectivity index (χ4v) is 1.86. The number of nitrogens with zero attached hydrogens (tertiary/aromatic N) is 2. The molecule has 76 valence electrons. The van der Waals surface area contributed by atoms with E-state index >= 15 is 0 Å². The highest BCUT2D eigenvalue weighted by Gasteiger charge is 2.19. The zero-order valence-corrected chi connectivity index (χ0v) is 7.94. The van der Waals surface area contributed by atoms with E-state index in [0.29, 0.717) is 6.04 Å². The lowest BCUT2D eigenvalue weighted by atomic mass is 10.2. The molecule has 1 unspecified atom stereocenters. The third kappa shape index (κ3) is 1.77. The van der Waals surface area contributed by atoms with Crippen LogP contribution in [0.4, 0.5) is 0 Å². The molecule has 0 radical (unpaired) electrons. The van der Waals surface area contributed by atoms with E-state index in [1.165, 1.54) is 6.42 Å². The largest absolute Gasteiger partial charge is 0.368 e. The van der Waals surface area contributed by atoms with Crippen LogP contribution in [0.15, 0.2) is 12.5 Å². The van der Waals surface area contributed by atoms with Crippen LogP contribution in [0.3, 0.4) is 0 Å². The molecule has 0 aliphatic carbocycles. The predicted molar refractivity (Wildman–Crippen MR) is 51.4 cm³/mol. The quantitative estimate of drug-likeness (QED) is 0.699. The van der Waals surface area contributed by atoms with Gasteiger partial charge in [0.05, 0.1) is 12.0 Å². The summed E-state index contributed by atoms with van der Waals surface area (Å²) in [5.41, 5.74) is 6.20. The molecular weight excluding hydrogens is 180 g/mol. The minimum Gasteiger partial charge on any atom is -0.368 e. The van der Waals surface area contributed by atoms with Crippen molar-refractivity contribution in [1.82, 2.24) is 14.9 Å². The summed E-state index contributed by atoms with van der Waals surface area (Å²) in [6, 6.07) is 0.330. The molecule has 0 bridgehead atoms. The Labute approximate surface area is 82.3 Å². The molecule has 0 aromatic carbocycles. The molecule has 0 saturated carbocycles. The number of amides is 1. The number of rotatable bonds is 3. The minimum absolute atomic E-state index is 0.216. The van der Waals surface area contributed by atoms with Gasteiger partial charge in [-0.05, 0) is 19.4 Å². The highest BCUT2D eigenvalue weighted by Crippen LogP contribution is 2.22. The summed E-state index contributed by atoms with van der Waals surface area (Å²) >= 11 is 0. The van der Waals surface area contributed by atoms with E-state index in [1.54, 1.807) is 12.5 Å². The van der Waals surface area contributed by atoms with Gasteiger partial charge in [0.15, 0.2) is 0 Å². The number of carbonyl (C=O) groups excluding carboxylic acids is 1. The van der Waals surface area contributed by atoms with Crippen LogP contribution in [0.1, 0.15) is 24.6 Å². The smallest absolute Gasteiger partial charge is 0.237 e. The van der Waals surface area contributed by atoms with E-state index in [0.717, 1.165) is 18.7 Å². The second-order valence-electron chi connectivity index (χ2n) is 3.56. The number of nitrogens with one attached hydrogen (secondary N) is 1. The summed E-state index contributed by atoms with van der Waals surface area (Å²) in [7, 11) is 0. The molecule has 1 atom stereocenters. The van der Waals surface area contributed by atoms with Crippen molar-refractivity contribution in [3.8, 4) is 0 Å². The predicted octanol–water partition coefficient (Wildman–Crippen LogP) is -0.207. The van der Waals surface area contributed by atoms with E-state index in [9.17, 15) is 4.79 Å². The minimum atomic E-state index is -0.331. The van der Waals surface area contributed by atoms with Crippen LogP contribution in [-0.2, 0) is 11.3 Å². The lowest BCUT2D eigenvalue weighted by molar-refractivity contribution is -0.118. The summed E-state index contributed by atoms with van der Waals surface area (Å²) in [6.45, 7) is 1.25. The van der Waals surface area contributed by atoms with Gasteiger partial charge in [0, 0.05) is 12.2 Å². The maximum Gasteiger partial charge on any atom is 0.237 e. The molecule has 1 aromatic heterocycles. The molecule has 1 saturated heterocycles. The van der Waals surface area contributed by atoms with Gasteiger partial charge >= 0.3 is 0 Å². The fraction of sp³-hybridized carbons (Fsp3) is 0.556. The van der Waals surface area contributed by atoms with Crippen molar-refractivity contribution in [2.45, 2.75) is 25.4 Å². The number of imidazole rings is 1. The number of hydrogen-bond donors (Lipinski definition) is 2. The normalized spacial score (nSPS) is 21.3. The molecule has 14 heavy (non-hydrogen) atoms. The number of primary amides is 1. The second kappa shape index (κ2) is 3.79. The molecule has 5 heteroatoms. The van der Waals surface area contributed by atoms with Crippen molar-refractivity contribution >= 4 is 5.91 Å². The SMILES string of the molecule is NC(=O)Cn1cncc1C1CCCN1. The van der Waals surface area contributed by atoms with Crippen LogP contribution in [0.5, 0.6) is 0 Å². The Morgan fingerprint density at radius 1 is 1.79 bits per heavy atom. The first kappa shape index (κ1) is 9.21. The Hall–Kier alpha value is -1.36. The average Bonchev–Trinajstić information content (AvgIpc) is 2.70. The van der Waals surface area contributed by atoms with Gasteiger partial charge in [-0.2, -0.15) is 0 Å². The first-order valence-corrected chi connectivity index (χ1v) is 4.79. The lowest BCUT2D eigenvalue weighted by Crippen LogP contribution is -2.22. The molecular formula is C9H14N4O. The third-order valence-electron chi connectivity index (χ3n) is 2.49. The van der Waals surface area contributed by atoms with Crippen molar-refractivity contribution in [3.05, 3.63) is 18.2 Å². The third-order valence-corrected chi connectivity index (χ3v) is 2.49. The molecule has 2 heterocycles. The number of aromatic nitrogens is 2. The van der Waals surface area contributed by atoms with Crippen LogP contribution in [-0.4, -0.2) is 22.0 Å². The van der Waals surface area contributed by atoms with Crippen LogP contribution in [0.2, 0.25) is 0 Å². The Kier molecular flexibility index (Phi) is 2.49. The summed E-state index contributed by atoms with van der Waals surface area (Å²) in [5, 5.41) is 3.36. The van der Waals surface area contributed by atoms with Gasteiger partial charge in [-0.25, -0.2) is 4.98 Å². The van der Waals surface area contributed by atoms with Gasteiger partial charge in [-0.15, -0.1) is 0 Å². The molecule has 5 nitrogen and oxygen atoms in total. The zero-order valence-electron chi connectivity index (χ0n) is 7.94. The van der Waals surface area contributed by atoms with Gasteiger partial charge in [0.25, 0.3) is 0 Å². The van der Waals surface area contributed by atoms with Crippen LogP contribution < -0.4 is 11.1 Å². The maximum atomic E-state index is 10.8. The van der Waals surface area contributed by atoms with Crippen molar-refractivity contribution in [2.24, 2.45) is 5.73 Å². The Bertz CT molecular complexity index is 327. The summed E-state index contributed by atoms with van der Waals surface area (Å²) in [5.74, 6) is -0.331. The molecule has 1 aliphatic rings. The van der Waals surface area contributed by atoms with E-state index < -0.39 is 0 Å². The van der Waals surface area contributed by atoms with Crippen LogP contribution in [0, 0.1) is 0 Å². The molecule has 1 aliphatic heterocycles. The first-order chi connectivity index (χ1) is 6.77. The summed E-state index contributed by atoms with van der Waals surface area (Å²) in [4.78, 5) is 14.8. The van der Waals surface area contributed by atoms with Crippen molar-refractivity contribution in [3.63, 3.8) is 0 Å². The Morgan fingerprint density at radius 3 is 3.29 bits per heavy atom. The van der Waals surface area contributed by atoms with Crippen LogP contribution >= 0.6 is 0 Å². The van der Waals surface area contributed by atoms with Gasteiger partial charge in [0.1, 0.15) is 6.54 Å². The molecule has 1 aromatic rings. The monoisotopic (exact) mass is 194 g/mol. The van der Waals surface area contributed by atoms with Gasteiger partial charge in [-0.3, -0.25) is 4.79 Å². The van der Waals surface area contributed by atoms with E-state index in [-0.39, 0.29) is 12.5 Å². The summed E-state index contributed by atoms with van der Waals surface area (Å²) in [6.07, 6.45) is 5.73. The lowest BCUT2D eigenvalue weighted by Gasteiger charge is -2.12. The summed E-state index contributed by atoms with van der Waals surface area (Å²) < 4.78 is 1.81. The molecule has 1 amide bonds. The maximum absolute atomic E-state index is 10.8. The van der Waals surface area contributed by atoms with E-state index in [4.69, 9.17) is 5.73 Å². The zero-order chi connectivity index (χ0) is 9.97. The second-order valence-corrected chi connectivity index (χ2v) is 3.56. The Morgan fingerprint density at radius 2 is 2.64 bits per heavy atom. The molecule has 3 N–H and O–H groups in total. The van der Waals surface area contributed by atoms with Gasteiger partial charge < -0.3 is 15.6 Å². The van der Waals surface area contributed by atoms with Crippen molar-refractivity contribution < 1.29 is 4.79 Å². The van der Waals surface area contributed by atoms with Gasteiger partial charge in [0.2, 0.25) is 5.91 Å². The average molecular weight is 194 g/mol. The molecule has 1 fully saturated rings.